The monoisotopic (exact) mass is 413 g/mol. The first-order chi connectivity index (χ1) is 10.6. The average Bonchev–Trinajstić information content (AvgIpc) is 2.89. The summed E-state index contributed by atoms with van der Waals surface area (Å²) >= 11 is 2.91. The van der Waals surface area contributed by atoms with Crippen molar-refractivity contribution in [1.29, 1.82) is 0 Å². The van der Waals surface area contributed by atoms with E-state index < -0.39 is 27.3 Å². The highest BCUT2D eigenvalue weighted by Crippen LogP contribution is 2.31. The van der Waals surface area contributed by atoms with E-state index >= 15 is 0 Å². The third-order valence-corrected chi connectivity index (χ3v) is 4.36. The molecule has 0 fully saturated rings. The number of hydrogen-bond donors (Lipinski definition) is 0. The summed E-state index contributed by atoms with van der Waals surface area (Å²) in [5, 5.41) is 0. The van der Waals surface area contributed by atoms with Gasteiger partial charge in [0, 0.05) is 18.5 Å². The van der Waals surface area contributed by atoms with Gasteiger partial charge in [0.2, 0.25) is 5.65 Å². The highest BCUT2D eigenvalue weighted by Gasteiger charge is 2.49. The van der Waals surface area contributed by atoms with Crippen LogP contribution in [0.3, 0.4) is 0 Å². The molecule has 0 N–H and O–H groups in total. The van der Waals surface area contributed by atoms with Gasteiger partial charge in [0.1, 0.15) is 5.82 Å². The minimum absolute atomic E-state index is 0.00148. The number of alkyl halides is 3. The lowest BCUT2D eigenvalue weighted by Crippen LogP contribution is -2.28. The first-order valence-corrected chi connectivity index (χ1v) is 7.93. The van der Waals surface area contributed by atoms with Crippen molar-refractivity contribution in [3.05, 3.63) is 34.8 Å². The number of imidazole rings is 1. The zero-order valence-corrected chi connectivity index (χ0v) is 13.1. The van der Waals surface area contributed by atoms with Crippen molar-refractivity contribution < 1.29 is 30.2 Å². The highest BCUT2D eigenvalue weighted by molar-refractivity contribution is 9.10. The van der Waals surface area contributed by atoms with E-state index in [9.17, 15) is 26.0 Å². The van der Waals surface area contributed by atoms with Crippen LogP contribution >= 0.6 is 15.9 Å². The fraction of sp³-hybridized carbons (Fsp3) is 0.0909. The van der Waals surface area contributed by atoms with E-state index in [1.807, 2.05) is 0 Å². The Morgan fingerprint density at radius 3 is 2.61 bits per heavy atom. The summed E-state index contributed by atoms with van der Waals surface area (Å²) in [5.41, 5.74) is -5.73. The lowest BCUT2D eigenvalue weighted by atomic mass is 10.3. The van der Waals surface area contributed by atoms with Crippen molar-refractivity contribution in [2.45, 2.75) is 5.51 Å². The Hall–Kier alpha value is -1.95. The van der Waals surface area contributed by atoms with Crippen molar-refractivity contribution in [2.24, 2.45) is 0 Å². The summed E-state index contributed by atoms with van der Waals surface area (Å²) in [5.74, 6) is -1.50. The van der Waals surface area contributed by atoms with Gasteiger partial charge in [-0.2, -0.15) is 21.6 Å². The van der Waals surface area contributed by atoms with Gasteiger partial charge in [-0.15, -0.1) is 0 Å². The maximum Gasteiger partial charge on any atom is 0.534 e. The van der Waals surface area contributed by atoms with Gasteiger partial charge < -0.3 is 4.18 Å². The lowest BCUT2D eigenvalue weighted by Gasteiger charge is -2.11. The summed E-state index contributed by atoms with van der Waals surface area (Å²) in [4.78, 5) is 7.39. The summed E-state index contributed by atoms with van der Waals surface area (Å²) in [6.07, 6.45) is 2.49. The van der Waals surface area contributed by atoms with E-state index in [1.165, 1.54) is 22.9 Å². The molecule has 3 aromatic rings. The minimum Gasteiger partial charge on any atom is -0.351 e. The minimum atomic E-state index is -5.91. The Morgan fingerprint density at radius 1 is 1.26 bits per heavy atom. The molecule has 2 heterocycles. The molecule has 122 valence electrons. The van der Waals surface area contributed by atoms with Crippen molar-refractivity contribution >= 4 is 42.7 Å². The fourth-order valence-electron chi connectivity index (χ4n) is 1.83. The Balaban J connectivity index is 2.29. The first kappa shape index (κ1) is 15.9. The summed E-state index contributed by atoms with van der Waals surface area (Å²) in [6.45, 7) is 0. The molecule has 3 rings (SSSR count). The normalized spacial score (nSPS) is 12.9. The quantitative estimate of drug-likeness (QED) is 0.366. The topological polar surface area (TPSA) is 73.6 Å². The molecule has 2 aromatic heterocycles. The Labute approximate surface area is 134 Å². The van der Waals surface area contributed by atoms with Crippen LogP contribution in [0.15, 0.2) is 29.0 Å². The molecule has 23 heavy (non-hydrogen) atoms. The van der Waals surface area contributed by atoms with Crippen LogP contribution in [0.2, 0.25) is 0 Å². The molecule has 0 radical (unpaired) electrons. The van der Waals surface area contributed by atoms with Crippen LogP contribution in [0.5, 0.6) is 5.88 Å². The van der Waals surface area contributed by atoms with Crippen LogP contribution in [-0.2, 0) is 10.1 Å². The molecule has 0 saturated carbocycles. The van der Waals surface area contributed by atoms with Gasteiger partial charge >= 0.3 is 15.6 Å². The van der Waals surface area contributed by atoms with Gasteiger partial charge in [-0.25, -0.2) is 14.4 Å². The second kappa shape index (κ2) is 5.03. The highest BCUT2D eigenvalue weighted by atomic mass is 79.9. The number of nitrogens with zero attached hydrogens (tertiary/aromatic N) is 3. The molecule has 1 aromatic carbocycles. The van der Waals surface area contributed by atoms with Crippen molar-refractivity contribution in [3.8, 4) is 5.88 Å². The molecule has 0 aliphatic rings. The predicted molar refractivity (Wildman–Crippen MR) is 73.8 cm³/mol. The molecule has 0 aliphatic carbocycles. The Morgan fingerprint density at radius 2 is 1.96 bits per heavy atom. The second-order valence-corrected chi connectivity index (χ2v) is 6.67. The van der Waals surface area contributed by atoms with E-state index in [4.69, 9.17) is 0 Å². The number of fused-ring (bicyclic) bond motifs is 3. The number of aromatic nitrogens is 3. The van der Waals surface area contributed by atoms with Crippen LogP contribution in [0.1, 0.15) is 0 Å². The van der Waals surface area contributed by atoms with E-state index in [0.717, 1.165) is 6.07 Å². The van der Waals surface area contributed by atoms with Crippen molar-refractivity contribution in [3.63, 3.8) is 0 Å². The van der Waals surface area contributed by atoms with Crippen LogP contribution < -0.4 is 4.18 Å². The van der Waals surface area contributed by atoms with Gasteiger partial charge in [0.05, 0.1) is 15.5 Å². The maximum absolute atomic E-state index is 13.6. The molecule has 0 amide bonds. The lowest BCUT2D eigenvalue weighted by molar-refractivity contribution is -0.0500. The molecule has 0 saturated heterocycles. The largest absolute Gasteiger partial charge is 0.534 e. The van der Waals surface area contributed by atoms with E-state index in [2.05, 4.69) is 30.1 Å². The molecule has 0 unspecified atom stereocenters. The van der Waals surface area contributed by atoms with Gasteiger partial charge in [0.25, 0.3) is 5.88 Å². The fourth-order valence-corrected chi connectivity index (χ4v) is 2.58. The SMILES string of the molecule is O=S(=O)(Oc1nc2cc(Br)c(F)cc2n2ccnc12)C(F)(F)F. The third-order valence-electron chi connectivity index (χ3n) is 2.80. The molecular formula is C11H4BrF4N3O3S. The zero-order chi connectivity index (χ0) is 17.0. The van der Waals surface area contributed by atoms with Gasteiger partial charge in [-0.3, -0.25) is 4.40 Å². The summed E-state index contributed by atoms with van der Waals surface area (Å²) < 4.78 is 78.5. The van der Waals surface area contributed by atoms with E-state index in [1.54, 1.807) is 0 Å². The summed E-state index contributed by atoms with van der Waals surface area (Å²) in [7, 11) is -5.91. The van der Waals surface area contributed by atoms with Crippen LogP contribution in [0.4, 0.5) is 17.6 Å². The standard InChI is InChI=1S/C11H4BrF4N3O3S/c12-5-3-7-8(4-6(5)13)19-2-1-17-9(19)10(18-7)22-23(20,21)11(14,15)16/h1-4H. The second-order valence-electron chi connectivity index (χ2n) is 4.28. The van der Waals surface area contributed by atoms with Crippen LogP contribution in [0, 0.1) is 5.82 Å². The Bertz CT molecular complexity index is 1030. The molecule has 0 atom stereocenters. The molecule has 0 bridgehead atoms. The van der Waals surface area contributed by atoms with Gasteiger partial charge in [-0.1, -0.05) is 0 Å². The van der Waals surface area contributed by atoms with Crippen molar-refractivity contribution in [1.82, 2.24) is 14.4 Å². The average molecular weight is 414 g/mol. The van der Waals surface area contributed by atoms with E-state index in [-0.39, 0.29) is 21.2 Å². The Kier molecular flexibility index (Phi) is 3.48. The number of rotatable bonds is 2. The number of halogens is 5. The van der Waals surface area contributed by atoms with Crippen LogP contribution in [-0.4, -0.2) is 28.3 Å². The zero-order valence-electron chi connectivity index (χ0n) is 10.7. The summed E-state index contributed by atoms with van der Waals surface area (Å²) in [6, 6.07) is 2.25. The van der Waals surface area contributed by atoms with Gasteiger partial charge in [0.15, 0.2) is 0 Å². The molecular weight excluding hydrogens is 410 g/mol. The smallest absolute Gasteiger partial charge is 0.351 e. The first-order valence-electron chi connectivity index (χ1n) is 5.73. The maximum atomic E-state index is 13.6. The number of hydrogen-bond acceptors (Lipinski definition) is 5. The third kappa shape index (κ3) is 2.61. The van der Waals surface area contributed by atoms with Gasteiger partial charge in [-0.05, 0) is 22.0 Å². The molecule has 12 heteroatoms. The molecule has 0 aliphatic heterocycles. The molecule has 6 nitrogen and oxygen atoms in total. The number of benzene rings is 1. The molecule has 0 spiro atoms. The predicted octanol–water partition coefficient (Wildman–Crippen LogP) is 3.01. The van der Waals surface area contributed by atoms with Crippen LogP contribution in [0.25, 0.3) is 16.7 Å². The van der Waals surface area contributed by atoms with Crippen molar-refractivity contribution in [2.75, 3.05) is 0 Å². The van der Waals surface area contributed by atoms with E-state index in [0.29, 0.717) is 0 Å².